The Morgan fingerprint density at radius 3 is 2.43 bits per heavy atom. The highest BCUT2D eigenvalue weighted by atomic mass is 16.5. The standard InChI is InChI=1S/C23H20N4O3/c1-15(30-19-12-11-16-7-5-6-10-18(16)13-19)22(28)26-27-23(29)21-14-20(24-25-21)17-8-3-2-4-9-17/h2-15H,1H3,(H,24,25)(H,26,28)(H,27,29). The van der Waals surface area contributed by atoms with Gasteiger partial charge in [-0.3, -0.25) is 25.5 Å². The molecule has 1 aromatic heterocycles. The lowest BCUT2D eigenvalue weighted by Gasteiger charge is -2.15. The Kier molecular flexibility index (Phi) is 5.43. The Morgan fingerprint density at radius 2 is 1.63 bits per heavy atom. The van der Waals surface area contributed by atoms with Crippen LogP contribution in [0.2, 0.25) is 0 Å². The van der Waals surface area contributed by atoms with Crippen LogP contribution in [0.25, 0.3) is 22.0 Å². The van der Waals surface area contributed by atoms with Gasteiger partial charge in [0, 0.05) is 5.56 Å². The zero-order valence-corrected chi connectivity index (χ0v) is 16.3. The molecular formula is C23H20N4O3. The maximum Gasteiger partial charge on any atom is 0.287 e. The molecule has 3 N–H and O–H groups in total. The highest BCUT2D eigenvalue weighted by molar-refractivity contribution is 5.95. The van der Waals surface area contributed by atoms with Crippen molar-refractivity contribution in [2.24, 2.45) is 0 Å². The van der Waals surface area contributed by atoms with Crippen LogP contribution >= 0.6 is 0 Å². The number of carbonyl (C=O) groups is 2. The van der Waals surface area contributed by atoms with Crippen molar-refractivity contribution in [1.29, 1.82) is 0 Å². The topological polar surface area (TPSA) is 96.1 Å². The van der Waals surface area contributed by atoms with Crippen LogP contribution in [0.3, 0.4) is 0 Å². The second kappa shape index (κ2) is 8.48. The molecule has 4 aromatic rings. The van der Waals surface area contributed by atoms with E-state index in [0.717, 1.165) is 16.3 Å². The van der Waals surface area contributed by atoms with Gasteiger partial charge in [-0.2, -0.15) is 5.10 Å². The molecule has 7 nitrogen and oxygen atoms in total. The largest absolute Gasteiger partial charge is 0.481 e. The van der Waals surface area contributed by atoms with E-state index < -0.39 is 17.9 Å². The number of nitrogens with zero attached hydrogens (tertiary/aromatic N) is 1. The first-order valence-corrected chi connectivity index (χ1v) is 9.46. The number of hydrogen-bond donors (Lipinski definition) is 3. The molecule has 0 spiro atoms. The van der Waals surface area contributed by atoms with Gasteiger partial charge in [-0.15, -0.1) is 0 Å². The molecule has 150 valence electrons. The number of ether oxygens (including phenoxy) is 1. The van der Waals surface area contributed by atoms with E-state index in [0.29, 0.717) is 11.4 Å². The number of benzene rings is 3. The molecule has 0 saturated carbocycles. The molecule has 0 radical (unpaired) electrons. The SMILES string of the molecule is CC(Oc1ccc2ccccc2c1)C(=O)NNC(=O)c1cc(-c2ccccc2)n[nH]1. The normalized spacial score (nSPS) is 11.6. The third kappa shape index (κ3) is 4.30. The molecule has 0 aliphatic rings. The van der Waals surface area contributed by atoms with Gasteiger partial charge in [0.1, 0.15) is 11.4 Å². The van der Waals surface area contributed by atoms with Crippen molar-refractivity contribution in [2.45, 2.75) is 13.0 Å². The van der Waals surface area contributed by atoms with Crippen molar-refractivity contribution in [3.8, 4) is 17.0 Å². The Labute approximate surface area is 173 Å². The van der Waals surface area contributed by atoms with Crippen LogP contribution in [0.1, 0.15) is 17.4 Å². The van der Waals surface area contributed by atoms with Crippen LogP contribution in [-0.2, 0) is 4.79 Å². The van der Waals surface area contributed by atoms with Crippen LogP contribution in [0.4, 0.5) is 0 Å². The van der Waals surface area contributed by atoms with E-state index in [4.69, 9.17) is 4.74 Å². The number of hydrazine groups is 1. The quantitative estimate of drug-likeness (QED) is 0.447. The predicted octanol–water partition coefficient (Wildman–Crippen LogP) is 3.46. The number of fused-ring (bicyclic) bond motifs is 1. The number of H-pyrrole nitrogens is 1. The molecule has 0 saturated heterocycles. The van der Waals surface area contributed by atoms with Gasteiger partial charge in [0.15, 0.2) is 6.10 Å². The number of nitrogens with one attached hydrogen (secondary N) is 3. The predicted molar refractivity (Wildman–Crippen MR) is 114 cm³/mol. The van der Waals surface area contributed by atoms with Crippen molar-refractivity contribution in [3.05, 3.63) is 84.6 Å². The first-order chi connectivity index (χ1) is 14.6. The van der Waals surface area contributed by atoms with E-state index in [1.807, 2.05) is 66.7 Å². The van der Waals surface area contributed by atoms with Gasteiger partial charge < -0.3 is 4.74 Å². The summed E-state index contributed by atoms with van der Waals surface area (Å²) in [7, 11) is 0. The van der Waals surface area contributed by atoms with Crippen molar-refractivity contribution in [2.75, 3.05) is 0 Å². The molecule has 0 fully saturated rings. The van der Waals surface area contributed by atoms with E-state index in [2.05, 4.69) is 21.0 Å². The summed E-state index contributed by atoms with van der Waals surface area (Å²) in [5, 5.41) is 8.90. The summed E-state index contributed by atoms with van der Waals surface area (Å²) in [6, 6.07) is 24.6. The number of carbonyl (C=O) groups excluding carboxylic acids is 2. The van der Waals surface area contributed by atoms with Crippen molar-refractivity contribution >= 4 is 22.6 Å². The molecule has 0 aliphatic heterocycles. The van der Waals surface area contributed by atoms with Gasteiger partial charge in [0.25, 0.3) is 11.8 Å². The van der Waals surface area contributed by atoms with Gasteiger partial charge >= 0.3 is 0 Å². The molecule has 2 amide bonds. The minimum Gasteiger partial charge on any atom is -0.481 e. The Morgan fingerprint density at radius 1 is 0.900 bits per heavy atom. The maximum atomic E-state index is 12.3. The summed E-state index contributed by atoms with van der Waals surface area (Å²) in [5.74, 6) is -0.404. The number of aromatic amines is 1. The molecule has 0 aliphatic carbocycles. The van der Waals surface area contributed by atoms with Gasteiger partial charge in [-0.1, -0.05) is 60.7 Å². The molecule has 1 heterocycles. The summed E-state index contributed by atoms with van der Waals surface area (Å²) in [4.78, 5) is 24.6. The first kappa shape index (κ1) is 19.2. The molecule has 7 heteroatoms. The fraction of sp³-hybridized carbons (Fsp3) is 0.0870. The molecule has 0 bridgehead atoms. The first-order valence-electron chi connectivity index (χ1n) is 9.46. The number of hydrogen-bond acceptors (Lipinski definition) is 4. The third-order valence-electron chi connectivity index (χ3n) is 4.59. The second-order valence-corrected chi connectivity index (χ2v) is 6.75. The van der Waals surface area contributed by atoms with Crippen LogP contribution in [0, 0.1) is 0 Å². The van der Waals surface area contributed by atoms with E-state index in [9.17, 15) is 9.59 Å². The van der Waals surface area contributed by atoms with Crippen molar-refractivity contribution < 1.29 is 14.3 Å². The summed E-state index contributed by atoms with van der Waals surface area (Å²) >= 11 is 0. The highest BCUT2D eigenvalue weighted by Crippen LogP contribution is 2.21. The average molecular weight is 400 g/mol. The van der Waals surface area contributed by atoms with Crippen molar-refractivity contribution in [3.63, 3.8) is 0 Å². The van der Waals surface area contributed by atoms with Gasteiger partial charge in [0.05, 0.1) is 5.69 Å². The van der Waals surface area contributed by atoms with Crippen molar-refractivity contribution in [1.82, 2.24) is 21.0 Å². The molecule has 30 heavy (non-hydrogen) atoms. The number of amides is 2. The summed E-state index contributed by atoms with van der Waals surface area (Å²) in [5.41, 5.74) is 6.50. The fourth-order valence-corrected chi connectivity index (χ4v) is 2.98. The second-order valence-electron chi connectivity index (χ2n) is 6.75. The Hall–Kier alpha value is -4.13. The van der Waals surface area contributed by atoms with E-state index in [1.54, 1.807) is 19.1 Å². The highest BCUT2D eigenvalue weighted by Gasteiger charge is 2.17. The lowest BCUT2D eigenvalue weighted by Crippen LogP contribution is -2.47. The zero-order valence-electron chi connectivity index (χ0n) is 16.3. The summed E-state index contributed by atoms with van der Waals surface area (Å²) < 4.78 is 5.70. The Bertz CT molecular complexity index is 1190. The van der Waals surface area contributed by atoms with E-state index in [1.165, 1.54) is 0 Å². The minimum absolute atomic E-state index is 0.234. The van der Waals surface area contributed by atoms with Crippen LogP contribution in [0.5, 0.6) is 5.75 Å². The van der Waals surface area contributed by atoms with Crippen LogP contribution in [-0.4, -0.2) is 28.1 Å². The number of aromatic nitrogens is 2. The molecule has 4 rings (SSSR count). The van der Waals surface area contributed by atoms with Crippen LogP contribution in [0.15, 0.2) is 78.9 Å². The summed E-state index contributed by atoms with van der Waals surface area (Å²) in [6.45, 7) is 1.61. The monoisotopic (exact) mass is 400 g/mol. The van der Waals surface area contributed by atoms with Gasteiger partial charge in [-0.05, 0) is 35.9 Å². The lowest BCUT2D eigenvalue weighted by atomic mass is 10.1. The van der Waals surface area contributed by atoms with E-state index >= 15 is 0 Å². The molecule has 1 atom stereocenters. The van der Waals surface area contributed by atoms with Gasteiger partial charge in [-0.25, -0.2) is 0 Å². The number of rotatable bonds is 5. The average Bonchev–Trinajstić information content (AvgIpc) is 3.28. The third-order valence-corrected chi connectivity index (χ3v) is 4.59. The van der Waals surface area contributed by atoms with E-state index in [-0.39, 0.29) is 5.69 Å². The summed E-state index contributed by atoms with van der Waals surface area (Å²) in [6.07, 6.45) is -0.798. The van der Waals surface area contributed by atoms with Crippen LogP contribution < -0.4 is 15.6 Å². The Balaban J connectivity index is 1.33. The fourth-order valence-electron chi connectivity index (χ4n) is 2.98. The minimum atomic E-state index is -0.798. The van der Waals surface area contributed by atoms with Gasteiger partial charge in [0.2, 0.25) is 0 Å². The lowest BCUT2D eigenvalue weighted by molar-refractivity contribution is -0.128. The maximum absolute atomic E-state index is 12.3. The molecule has 1 unspecified atom stereocenters. The zero-order chi connectivity index (χ0) is 20.9. The molecule has 3 aromatic carbocycles. The molecular weight excluding hydrogens is 380 g/mol. The smallest absolute Gasteiger partial charge is 0.287 e.